The molecule has 0 aromatic carbocycles. The fourth-order valence-corrected chi connectivity index (χ4v) is 3.22. The van der Waals surface area contributed by atoms with Crippen LogP contribution in [0.5, 0.6) is 0 Å². The third-order valence-electron chi connectivity index (χ3n) is 4.21. The van der Waals surface area contributed by atoms with E-state index in [9.17, 15) is 4.79 Å². The van der Waals surface area contributed by atoms with E-state index in [4.69, 9.17) is 5.11 Å². The summed E-state index contributed by atoms with van der Waals surface area (Å²) in [6, 6.07) is 0. The van der Waals surface area contributed by atoms with E-state index in [0.717, 1.165) is 12.3 Å². The average Bonchev–Trinajstić information content (AvgIpc) is 2.53. The normalized spacial score (nSPS) is 44.0. The molecule has 0 spiro atoms. The third kappa shape index (κ3) is 1.67. The Morgan fingerprint density at radius 2 is 1.71 bits per heavy atom. The van der Waals surface area contributed by atoms with Crippen molar-refractivity contribution in [3.63, 3.8) is 0 Å². The number of hydrogen-bond acceptors (Lipinski definition) is 1. The maximum absolute atomic E-state index is 10.8. The maximum atomic E-state index is 10.8. The summed E-state index contributed by atoms with van der Waals surface area (Å²) < 4.78 is 0. The summed E-state index contributed by atoms with van der Waals surface area (Å²) in [5, 5.41) is 8.94. The predicted molar refractivity (Wildman–Crippen MR) is 59.1 cm³/mol. The van der Waals surface area contributed by atoms with Crippen molar-refractivity contribution in [2.24, 2.45) is 29.6 Å². The van der Waals surface area contributed by atoms with Gasteiger partial charge < -0.3 is 5.11 Å². The van der Waals surface area contributed by atoms with Gasteiger partial charge in [-0.05, 0) is 36.5 Å². The molecule has 14 heavy (non-hydrogen) atoms. The number of carbonyl (C=O) groups is 1. The van der Waals surface area contributed by atoms with Gasteiger partial charge in [0.1, 0.15) is 0 Å². The number of hydrogen-bond donors (Lipinski definition) is 1. The van der Waals surface area contributed by atoms with E-state index >= 15 is 0 Å². The zero-order chi connectivity index (χ0) is 8.88. The second-order valence-electron chi connectivity index (χ2n) is 4.56. The Balaban J connectivity index is 0.000000845. The van der Waals surface area contributed by atoms with Gasteiger partial charge in [-0.2, -0.15) is 0 Å². The van der Waals surface area contributed by atoms with E-state index in [0.29, 0.717) is 17.8 Å². The van der Waals surface area contributed by atoms with Crippen LogP contribution < -0.4 is 0 Å². The zero-order valence-corrected chi connectivity index (χ0v) is 7.66. The standard InChI is InChI=1S/C10H16O2.2CH4/c1-5-6(2)8-3-7(5)4-9(8)10(11)12;;/h5-9H,3-4H2,1-2H3,(H,11,12);2*1H4. The average molecular weight is 200 g/mol. The first-order chi connectivity index (χ1) is 5.61. The Hall–Kier alpha value is -0.530. The van der Waals surface area contributed by atoms with Gasteiger partial charge in [0.15, 0.2) is 0 Å². The number of rotatable bonds is 1. The number of carboxylic acids is 1. The second-order valence-corrected chi connectivity index (χ2v) is 4.56. The van der Waals surface area contributed by atoms with Crippen molar-refractivity contribution in [3.8, 4) is 0 Å². The number of fused-ring (bicyclic) bond motifs is 2. The van der Waals surface area contributed by atoms with Crippen molar-refractivity contribution in [2.75, 3.05) is 0 Å². The summed E-state index contributed by atoms with van der Waals surface area (Å²) in [5.74, 6) is 1.96. The van der Waals surface area contributed by atoms with Crippen LogP contribution in [0.1, 0.15) is 41.5 Å². The van der Waals surface area contributed by atoms with E-state index in [1.807, 2.05) is 0 Å². The molecule has 0 saturated heterocycles. The van der Waals surface area contributed by atoms with Gasteiger partial charge in [0.25, 0.3) is 0 Å². The highest BCUT2D eigenvalue weighted by Gasteiger charge is 2.51. The van der Waals surface area contributed by atoms with Crippen LogP contribution in [0.2, 0.25) is 0 Å². The summed E-state index contributed by atoms with van der Waals surface area (Å²) in [4.78, 5) is 10.8. The number of carboxylic acid groups (broad SMARTS) is 1. The lowest BCUT2D eigenvalue weighted by atomic mass is 9.76. The molecular weight excluding hydrogens is 176 g/mol. The molecule has 1 N–H and O–H groups in total. The summed E-state index contributed by atoms with van der Waals surface area (Å²) in [6.45, 7) is 4.48. The molecule has 2 rings (SSSR count). The molecule has 0 heterocycles. The molecule has 2 fully saturated rings. The molecule has 5 atom stereocenters. The van der Waals surface area contributed by atoms with Crippen molar-refractivity contribution >= 4 is 5.97 Å². The van der Waals surface area contributed by atoms with Crippen molar-refractivity contribution in [2.45, 2.75) is 41.5 Å². The van der Waals surface area contributed by atoms with Gasteiger partial charge >= 0.3 is 5.97 Å². The SMILES string of the molecule is C.C.CC1C2CC(C(=O)O)C(C2)C1C. The van der Waals surface area contributed by atoms with Crippen LogP contribution in [0.4, 0.5) is 0 Å². The van der Waals surface area contributed by atoms with Gasteiger partial charge in [-0.25, -0.2) is 0 Å². The molecule has 84 valence electrons. The van der Waals surface area contributed by atoms with Gasteiger partial charge in [0.2, 0.25) is 0 Å². The van der Waals surface area contributed by atoms with Crippen LogP contribution >= 0.6 is 0 Å². The zero-order valence-electron chi connectivity index (χ0n) is 7.66. The predicted octanol–water partition coefficient (Wildman–Crippen LogP) is 3.27. The highest BCUT2D eigenvalue weighted by molar-refractivity contribution is 5.71. The first-order valence-corrected chi connectivity index (χ1v) is 4.84. The van der Waals surface area contributed by atoms with E-state index in [2.05, 4.69) is 13.8 Å². The molecule has 2 aliphatic carbocycles. The highest BCUT2D eigenvalue weighted by Crippen LogP contribution is 2.54. The molecule has 0 aliphatic heterocycles. The van der Waals surface area contributed by atoms with Gasteiger partial charge in [-0.15, -0.1) is 0 Å². The monoisotopic (exact) mass is 200 g/mol. The van der Waals surface area contributed by atoms with Crippen LogP contribution in [-0.4, -0.2) is 11.1 Å². The molecule has 2 nitrogen and oxygen atoms in total. The first-order valence-electron chi connectivity index (χ1n) is 4.84. The fraction of sp³-hybridized carbons (Fsp3) is 0.917. The van der Waals surface area contributed by atoms with Crippen LogP contribution in [0, 0.1) is 29.6 Å². The molecule has 0 radical (unpaired) electrons. The highest BCUT2D eigenvalue weighted by atomic mass is 16.4. The lowest BCUT2D eigenvalue weighted by Gasteiger charge is -2.29. The Morgan fingerprint density at radius 1 is 1.14 bits per heavy atom. The molecule has 2 bridgehead atoms. The second kappa shape index (κ2) is 4.33. The molecule has 5 unspecified atom stereocenters. The number of aliphatic carboxylic acids is 1. The van der Waals surface area contributed by atoms with E-state index < -0.39 is 5.97 Å². The minimum atomic E-state index is -0.568. The van der Waals surface area contributed by atoms with Crippen molar-refractivity contribution in [1.29, 1.82) is 0 Å². The molecule has 0 amide bonds. The van der Waals surface area contributed by atoms with Crippen LogP contribution in [0.3, 0.4) is 0 Å². The summed E-state index contributed by atoms with van der Waals surface area (Å²) in [5.41, 5.74) is 0. The minimum Gasteiger partial charge on any atom is -0.481 e. The fourth-order valence-electron chi connectivity index (χ4n) is 3.22. The lowest BCUT2D eigenvalue weighted by molar-refractivity contribution is -0.144. The largest absolute Gasteiger partial charge is 0.481 e. The molecule has 0 aromatic heterocycles. The van der Waals surface area contributed by atoms with Gasteiger partial charge in [0, 0.05) is 0 Å². The Kier molecular flexibility index (Phi) is 4.16. The smallest absolute Gasteiger partial charge is 0.306 e. The van der Waals surface area contributed by atoms with E-state index in [-0.39, 0.29) is 20.8 Å². The summed E-state index contributed by atoms with van der Waals surface area (Å²) >= 11 is 0. The first kappa shape index (κ1) is 13.5. The van der Waals surface area contributed by atoms with E-state index in [1.165, 1.54) is 6.42 Å². The molecule has 2 saturated carbocycles. The Labute approximate surface area is 87.7 Å². The molecule has 2 aliphatic rings. The quantitative estimate of drug-likeness (QED) is 0.705. The Bertz CT molecular complexity index is 210. The van der Waals surface area contributed by atoms with Crippen molar-refractivity contribution in [1.82, 2.24) is 0 Å². The van der Waals surface area contributed by atoms with E-state index in [1.54, 1.807) is 0 Å². The maximum Gasteiger partial charge on any atom is 0.306 e. The molecular formula is C12H24O2. The summed E-state index contributed by atoms with van der Waals surface area (Å²) in [6.07, 6.45) is 2.10. The third-order valence-corrected chi connectivity index (χ3v) is 4.21. The lowest BCUT2D eigenvalue weighted by Crippen LogP contribution is -2.29. The molecule has 0 aromatic rings. The topological polar surface area (TPSA) is 37.3 Å². The van der Waals surface area contributed by atoms with Crippen molar-refractivity contribution < 1.29 is 9.90 Å². The molecule has 2 heteroatoms. The van der Waals surface area contributed by atoms with Crippen LogP contribution in [0.25, 0.3) is 0 Å². The van der Waals surface area contributed by atoms with Crippen LogP contribution in [0.15, 0.2) is 0 Å². The van der Waals surface area contributed by atoms with Gasteiger partial charge in [0.05, 0.1) is 5.92 Å². The van der Waals surface area contributed by atoms with Gasteiger partial charge in [-0.1, -0.05) is 28.7 Å². The van der Waals surface area contributed by atoms with Crippen LogP contribution in [-0.2, 0) is 4.79 Å². The summed E-state index contributed by atoms with van der Waals surface area (Å²) in [7, 11) is 0. The minimum absolute atomic E-state index is 0. The van der Waals surface area contributed by atoms with Crippen molar-refractivity contribution in [3.05, 3.63) is 0 Å². The Morgan fingerprint density at radius 3 is 2.07 bits per heavy atom. The van der Waals surface area contributed by atoms with Gasteiger partial charge in [-0.3, -0.25) is 4.79 Å².